The fourth-order valence-corrected chi connectivity index (χ4v) is 1.17. The van der Waals surface area contributed by atoms with Crippen LogP contribution in [0.25, 0.3) is 0 Å². The second kappa shape index (κ2) is 5.25. The lowest BCUT2D eigenvalue weighted by molar-refractivity contribution is -0.143. The van der Waals surface area contributed by atoms with Gasteiger partial charge in [0.25, 0.3) is 0 Å². The van der Waals surface area contributed by atoms with Crippen LogP contribution < -0.4 is 4.90 Å². The van der Waals surface area contributed by atoms with E-state index in [0.29, 0.717) is 5.82 Å². The number of amides is 1. The first-order chi connectivity index (χ1) is 7.52. The molecule has 16 heavy (non-hydrogen) atoms. The van der Waals surface area contributed by atoms with E-state index < -0.39 is 11.9 Å². The number of rotatable bonds is 4. The van der Waals surface area contributed by atoms with Gasteiger partial charge in [0.15, 0.2) is 0 Å². The number of aromatic nitrogens is 1. The first kappa shape index (κ1) is 12.2. The van der Waals surface area contributed by atoms with Crippen molar-refractivity contribution in [2.75, 3.05) is 11.9 Å². The summed E-state index contributed by atoms with van der Waals surface area (Å²) < 4.78 is 0. The number of aliphatic carboxylic acids is 1. The van der Waals surface area contributed by atoms with Crippen LogP contribution in [-0.2, 0) is 9.59 Å². The highest BCUT2D eigenvalue weighted by Crippen LogP contribution is 2.11. The highest BCUT2D eigenvalue weighted by molar-refractivity contribution is 5.93. The Balaban J connectivity index is 2.65. The third-order valence-corrected chi connectivity index (χ3v) is 2.27. The SMILES string of the molecule is CC(CC(=O)N(C)c1ccccn1)C(=O)O. The van der Waals surface area contributed by atoms with Crippen LogP contribution in [0.2, 0.25) is 0 Å². The molecular formula is C11H14N2O3. The van der Waals surface area contributed by atoms with Crippen LogP contribution in [0.5, 0.6) is 0 Å². The Bertz CT molecular complexity index is 378. The third-order valence-electron chi connectivity index (χ3n) is 2.27. The van der Waals surface area contributed by atoms with Crippen molar-refractivity contribution in [2.45, 2.75) is 13.3 Å². The first-order valence-corrected chi connectivity index (χ1v) is 4.92. The minimum atomic E-state index is -0.970. The van der Waals surface area contributed by atoms with Gasteiger partial charge in [-0.05, 0) is 12.1 Å². The van der Waals surface area contributed by atoms with Crippen LogP contribution >= 0.6 is 0 Å². The van der Waals surface area contributed by atoms with Crippen molar-refractivity contribution in [3.63, 3.8) is 0 Å². The molecule has 0 spiro atoms. The van der Waals surface area contributed by atoms with E-state index in [0.717, 1.165) is 0 Å². The molecule has 0 saturated carbocycles. The van der Waals surface area contributed by atoms with E-state index in [2.05, 4.69) is 4.98 Å². The van der Waals surface area contributed by atoms with E-state index >= 15 is 0 Å². The average Bonchev–Trinajstić information content (AvgIpc) is 2.28. The summed E-state index contributed by atoms with van der Waals surface area (Å²) in [6.45, 7) is 1.51. The Morgan fingerprint density at radius 2 is 2.19 bits per heavy atom. The maximum Gasteiger partial charge on any atom is 0.306 e. The van der Waals surface area contributed by atoms with Crippen LogP contribution in [0.15, 0.2) is 24.4 Å². The lowest BCUT2D eigenvalue weighted by atomic mass is 10.1. The van der Waals surface area contributed by atoms with E-state index in [-0.39, 0.29) is 12.3 Å². The summed E-state index contributed by atoms with van der Waals surface area (Å²) in [7, 11) is 1.58. The highest BCUT2D eigenvalue weighted by atomic mass is 16.4. The zero-order valence-electron chi connectivity index (χ0n) is 9.25. The highest BCUT2D eigenvalue weighted by Gasteiger charge is 2.19. The topological polar surface area (TPSA) is 70.5 Å². The molecule has 0 saturated heterocycles. The molecule has 1 heterocycles. The van der Waals surface area contributed by atoms with E-state index in [1.54, 1.807) is 31.4 Å². The van der Waals surface area contributed by atoms with Gasteiger partial charge in [0, 0.05) is 19.7 Å². The summed E-state index contributed by atoms with van der Waals surface area (Å²) in [5.41, 5.74) is 0. The number of pyridine rings is 1. The van der Waals surface area contributed by atoms with E-state index in [1.807, 2.05) is 0 Å². The summed E-state index contributed by atoms with van der Waals surface area (Å²) in [6, 6.07) is 5.22. The number of anilines is 1. The Morgan fingerprint density at radius 1 is 1.50 bits per heavy atom. The van der Waals surface area contributed by atoms with Crippen molar-refractivity contribution in [2.24, 2.45) is 5.92 Å². The zero-order chi connectivity index (χ0) is 12.1. The normalized spacial score (nSPS) is 11.9. The molecule has 86 valence electrons. The standard InChI is InChI=1S/C11H14N2O3/c1-8(11(15)16)7-10(14)13(2)9-5-3-4-6-12-9/h3-6,8H,7H2,1-2H3,(H,15,16). The Kier molecular flexibility index (Phi) is 3.99. The summed E-state index contributed by atoms with van der Waals surface area (Å²) in [5.74, 6) is -1.39. The van der Waals surface area contributed by atoms with Gasteiger partial charge < -0.3 is 5.11 Å². The molecule has 1 N–H and O–H groups in total. The Hall–Kier alpha value is -1.91. The largest absolute Gasteiger partial charge is 0.481 e. The van der Waals surface area contributed by atoms with Crippen molar-refractivity contribution in [3.8, 4) is 0 Å². The molecule has 1 unspecified atom stereocenters. The molecule has 0 bridgehead atoms. The van der Waals surface area contributed by atoms with Gasteiger partial charge in [-0.1, -0.05) is 13.0 Å². The van der Waals surface area contributed by atoms with Crippen LogP contribution in [-0.4, -0.2) is 29.0 Å². The van der Waals surface area contributed by atoms with Crippen molar-refractivity contribution < 1.29 is 14.7 Å². The second-order valence-corrected chi connectivity index (χ2v) is 3.58. The minimum absolute atomic E-state index is 0.0254. The molecule has 5 heteroatoms. The number of hydrogen-bond acceptors (Lipinski definition) is 3. The molecule has 1 atom stereocenters. The van der Waals surface area contributed by atoms with Crippen LogP contribution in [0.1, 0.15) is 13.3 Å². The van der Waals surface area contributed by atoms with Gasteiger partial charge in [-0.2, -0.15) is 0 Å². The molecule has 1 rings (SSSR count). The van der Waals surface area contributed by atoms with E-state index in [9.17, 15) is 9.59 Å². The molecule has 1 aromatic rings. The fraction of sp³-hybridized carbons (Fsp3) is 0.364. The predicted molar refractivity (Wildman–Crippen MR) is 59.1 cm³/mol. The second-order valence-electron chi connectivity index (χ2n) is 3.58. The summed E-state index contributed by atoms with van der Waals surface area (Å²) >= 11 is 0. The average molecular weight is 222 g/mol. The quantitative estimate of drug-likeness (QED) is 0.829. The monoisotopic (exact) mass is 222 g/mol. The Labute approximate surface area is 93.7 Å². The molecule has 0 fully saturated rings. The molecule has 0 aliphatic carbocycles. The van der Waals surface area contributed by atoms with Gasteiger partial charge in [0.2, 0.25) is 5.91 Å². The molecule has 0 aliphatic heterocycles. The number of carboxylic acids is 1. The van der Waals surface area contributed by atoms with Crippen molar-refractivity contribution in [1.82, 2.24) is 4.98 Å². The van der Waals surface area contributed by atoms with Crippen LogP contribution in [0, 0.1) is 5.92 Å². The van der Waals surface area contributed by atoms with Gasteiger partial charge in [-0.15, -0.1) is 0 Å². The summed E-state index contributed by atoms with van der Waals surface area (Å²) in [5, 5.41) is 8.70. The van der Waals surface area contributed by atoms with Gasteiger partial charge in [-0.3, -0.25) is 14.5 Å². The number of carboxylic acid groups (broad SMARTS) is 1. The van der Waals surface area contributed by atoms with Gasteiger partial charge in [-0.25, -0.2) is 4.98 Å². The summed E-state index contributed by atoms with van der Waals surface area (Å²) in [4.78, 5) is 27.7. The number of hydrogen-bond donors (Lipinski definition) is 1. The molecule has 0 aliphatic rings. The smallest absolute Gasteiger partial charge is 0.306 e. The minimum Gasteiger partial charge on any atom is -0.481 e. The van der Waals surface area contributed by atoms with E-state index in [4.69, 9.17) is 5.11 Å². The molecule has 0 radical (unpaired) electrons. The van der Waals surface area contributed by atoms with E-state index in [1.165, 1.54) is 11.8 Å². The number of carbonyl (C=O) groups is 2. The number of carbonyl (C=O) groups excluding carboxylic acids is 1. The van der Waals surface area contributed by atoms with Crippen molar-refractivity contribution in [1.29, 1.82) is 0 Å². The van der Waals surface area contributed by atoms with Crippen LogP contribution in [0.4, 0.5) is 5.82 Å². The number of nitrogens with zero attached hydrogens (tertiary/aromatic N) is 2. The zero-order valence-corrected chi connectivity index (χ0v) is 9.25. The predicted octanol–water partition coefficient (Wildman–Crippen LogP) is 1.16. The molecule has 1 amide bonds. The third kappa shape index (κ3) is 3.05. The van der Waals surface area contributed by atoms with Crippen LogP contribution in [0.3, 0.4) is 0 Å². The van der Waals surface area contributed by atoms with Gasteiger partial charge in [0.05, 0.1) is 5.92 Å². The fourth-order valence-electron chi connectivity index (χ4n) is 1.17. The maximum atomic E-state index is 11.7. The Morgan fingerprint density at radius 3 is 2.69 bits per heavy atom. The first-order valence-electron chi connectivity index (χ1n) is 4.92. The van der Waals surface area contributed by atoms with Gasteiger partial charge >= 0.3 is 5.97 Å². The lowest BCUT2D eigenvalue weighted by Crippen LogP contribution is -2.30. The molecule has 5 nitrogen and oxygen atoms in total. The van der Waals surface area contributed by atoms with Crippen molar-refractivity contribution >= 4 is 17.7 Å². The van der Waals surface area contributed by atoms with Gasteiger partial charge in [0.1, 0.15) is 5.82 Å². The molecular weight excluding hydrogens is 208 g/mol. The summed E-state index contributed by atoms with van der Waals surface area (Å²) in [6.07, 6.45) is 1.56. The molecule has 0 aromatic carbocycles. The maximum absolute atomic E-state index is 11.7. The lowest BCUT2D eigenvalue weighted by Gasteiger charge is -2.17. The van der Waals surface area contributed by atoms with Crippen molar-refractivity contribution in [3.05, 3.63) is 24.4 Å². The molecule has 1 aromatic heterocycles.